The second-order valence-electron chi connectivity index (χ2n) is 5.25. The van der Waals surface area contributed by atoms with Crippen LogP contribution >= 0.6 is 27.3 Å². The minimum Gasteiger partial charge on any atom is -0.496 e. The van der Waals surface area contributed by atoms with Crippen molar-refractivity contribution >= 4 is 48.5 Å². The van der Waals surface area contributed by atoms with Crippen LogP contribution in [0.4, 0.5) is 5.13 Å². The quantitative estimate of drug-likeness (QED) is 0.688. The van der Waals surface area contributed by atoms with Gasteiger partial charge in [-0.25, -0.2) is 4.98 Å². The lowest BCUT2D eigenvalue weighted by Gasteiger charge is -2.06. The van der Waals surface area contributed by atoms with Crippen LogP contribution < -0.4 is 10.1 Å². The maximum atomic E-state index is 12.4. The number of amides is 1. The van der Waals surface area contributed by atoms with E-state index in [1.165, 1.54) is 16.9 Å². The van der Waals surface area contributed by atoms with Crippen molar-refractivity contribution in [3.63, 3.8) is 0 Å². The summed E-state index contributed by atoms with van der Waals surface area (Å²) in [6.07, 6.45) is 0. The molecule has 1 heterocycles. The maximum Gasteiger partial charge on any atom is 0.257 e. The van der Waals surface area contributed by atoms with Crippen LogP contribution in [0.1, 0.15) is 21.5 Å². The number of nitrogens with zero attached hydrogens (tertiary/aromatic N) is 1. The molecule has 1 aromatic heterocycles. The summed E-state index contributed by atoms with van der Waals surface area (Å²) in [6.45, 7) is 4.08. The van der Waals surface area contributed by atoms with Gasteiger partial charge in [0.1, 0.15) is 5.75 Å². The number of ether oxygens (including phenoxy) is 1. The number of halogens is 1. The number of rotatable bonds is 3. The SMILES string of the molecule is COc1ccc(C(=O)Nc2nc3c(C)cc(C)cc3s2)cc1Br. The standard InChI is InChI=1S/C17H15BrN2O2S/c1-9-6-10(2)15-14(7-9)23-17(19-15)20-16(21)11-4-5-13(22-3)12(18)8-11/h4-8H,1-3H3,(H,19,20,21). The van der Waals surface area contributed by atoms with E-state index in [0.717, 1.165) is 20.3 Å². The molecule has 118 valence electrons. The minimum absolute atomic E-state index is 0.193. The van der Waals surface area contributed by atoms with Crippen LogP contribution in [0, 0.1) is 13.8 Å². The fourth-order valence-corrected chi connectivity index (χ4v) is 3.98. The van der Waals surface area contributed by atoms with E-state index in [-0.39, 0.29) is 5.91 Å². The van der Waals surface area contributed by atoms with Crippen molar-refractivity contribution in [2.75, 3.05) is 12.4 Å². The van der Waals surface area contributed by atoms with Gasteiger partial charge >= 0.3 is 0 Å². The van der Waals surface area contributed by atoms with Gasteiger partial charge in [0.05, 0.1) is 21.8 Å². The Bertz CT molecular complexity index is 905. The number of hydrogen-bond acceptors (Lipinski definition) is 4. The van der Waals surface area contributed by atoms with Crippen LogP contribution in [0.15, 0.2) is 34.8 Å². The molecule has 0 spiro atoms. The number of benzene rings is 2. The first-order valence-corrected chi connectivity index (χ1v) is 8.61. The van der Waals surface area contributed by atoms with Crippen LogP contribution in [0.25, 0.3) is 10.2 Å². The topological polar surface area (TPSA) is 51.2 Å². The summed E-state index contributed by atoms with van der Waals surface area (Å²) in [4.78, 5) is 16.9. The molecule has 0 unspecified atom stereocenters. The molecule has 1 amide bonds. The molecule has 0 fully saturated rings. The zero-order valence-corrected chi connectivity index (χ0v) is 15.3. The molecular weight excluding hydrogens is 376 g/mol. The number of aryl methyl sites for hydroxylation is 2. The smallest absolute Gasteiger partial charge is 0.257 e. The van der Waals surface area contributed by atoms with Gasteiger partial charge in [-0.1, -0.05) is 17.4 Å². The molecule has 2 aromatic carbocycles. The number of carbonyl (C=O) groups is 1. The van der Waals surface area contributed by atoms with Crippen LogP contribution in [0.2, 0.25) is 0 Å². The van der Waals surface area contributed by atoms with Gasteiger partial charge in [-0.15, -0.1) is 0 Å². The molecule has 6 heteroatoms. The van der Waals surface area contributed by atoms with Crippen LogP contribution in [-0.2, 0) is 0 Å². The highest BCUT2D eigenvalue weighted by atomic mass is 79.9. The lowest BCUT2D eigenvalue weighted by atomic mass is 10.1. The first kappa shape index (κ1) is 16.0. The van der Waals surface area contributed by atoms with Crippen molar-refractivity contribution in [2.24, 2.45) is 0 Å². The Morgan fingerprint density at radius 1 is 1.26 bits per heavy atom. The Morgan fingerprint density at radius 3 is 2.74 bits per heavy atom. The predicted octanol–water partition coefficient (Wildman–Crippen LogP) is 4.94. The van der Waals surface area contributed by atoms with Gasteiger partial charge in [0.2, 0.25) is 0 Å². The normalized spacial score (nSPS) is 10.8. The van der Waals surface area contributed by atoms with E-state index in [2.05, 4.69) is 45.3 Å². The van der Waals surface area contributed by atoms with Crippen molar-refractivity contribution in [3.05, 3.63) is 51.5 Å². The molecule has 0 aliphatic carbocycles. The van der Waals surface area contributed by atoms with Crippen molar-refractivity contribution in [1.82, 2.24) is 4.98 Å². The molecular formula is C17H15BrN2O2S. The molecule has 4 nitrogen and oxygen atoms in total. The molecule has 0 aliphatic heterocycles. The van der Waals surface area contributed by atoms with Gasteiger partial charge < -0.3 is 4.74 Å². The van der Waals surface area contributed by atoms with Crippen molar-refractivity contribution in [2.45, 2.75) is 13.8 Å². The molecule has 0 radical (unpaired) electrons. The molecule has 0 saturated heterocycles. The zero-order valence-electron chi connectivity index (χ0n) is 12.9. The van der Waals surface area contributed by atoms with Gasteiger partial charge in [-0.2, -0.15) is 0 Å². The molecule has 23 heavy (non-hydrogen) atoms. The lowest BCUT2D eigenvalue weighted by Crippen LogP contribution is -2.11. The molecule has 0 atom stereocenters. The zero-order chi connectivity index (χ0) is 16.6. The van der Waals surface area contributed by atoms with E-state index in [4.69, 9.17) is 4.74 Å². The second kappa shape index (κ2) is 6.29. The first-order valence-electron chi connectivity index (χ1n) is 7.00. The highest BCUT2D eigenvalue weighted by molar-refractivity contribution is 9.10. The minimum atomic E-state index is -0.193. The highest BCUT2D eigenvalue weighted by Crippen LogP contribution is 2.30. The molecule has 3 aromatic rings. The summed E-state index contributed by atoms with van der Waals surface area (Å²) in [5, 5.41) is 3.47. The van der Waals surface area contributed by atoms with E-state index in [9.17, 15) is 4.79 Å². The van der Waals surface area contributed by atoms with Gasteiger partial charge in [-0.05, 0) is 65.2 Å². The predicted molar refractivity (Wildman–Crippen MR) is 97.7 cm³/mol. The molecule has 3 rings (SSSR count). The fraction of sp³-hybridized carbons (Fsp3) is 0.176. The third-order valence-corrected chi connectivity index (χ3v) is 5.00. The summed E-state index contributed by atoms with van der Waals surface area (Å²) in [7, 11) is 1.59. The number of thiazole rings is 1. The number of aromatic nitrogens is 1. The van der Waals surface area contributed by atoms with E-state index in [1.807, 2.05) is 6.92 Å². The van der Waals surface area contributed by atoms with E-state index in [0.29, 0.717) is 16.4 Å². The Labute approximate surface area is 146 Å². The number of fused-ring (bicyclic) bond motifs is 1. The average Bonchev–Trinajstić information content (AvgIpc) is 2.89. The first-order chi connectivity index (χ1) is 11.0. The fourth-order valence-electron chi connectivity index (χ4n) is 2.40. The van der Waals surface area contributed by atoms with Crippen LogP contribution in [0.3, 0.4) is 0 Å². The summed E-state index contributed by atoms with van der Waals surface area (Å²) < 4.78 is 6.99. The van der Waals surface area contributed by atoms with E-state index >= 15 is 0 Å². The van der Waals surface area contributed by atoms with Crippen molar-refractivity contribution in [3.8, 4) is 5.75 Å². The summed E-state index contributed by atoms with van der Waals surface area (Å²) in [5.74, 6) is 0.495. The monoisotopic (exact) mass is 390 g/mol. The number of methoxy groups -OCH3 is 1. The van der Waals surface area contributed by atoms with Gasteiger partial charge in [-0.3, -0.25) is 10.1 Å². The second-order valence-corrected chi connectivity index (χ2v) is 7.14. The number of nitrogens with one attached hydrogen (secondary N) is 1. The summed E-state index contributed by atoms with van der Waals surface area (Å²) in [5.41, 5.74) is 3.79. The maximum absolute atomic E-state index is 12.4. The lowest BCUT2D eigenvalue weighted by molar-refractivity contribution is 0.102. The van der Waals surface area contributed by atoms with Crippen molar-refractivity contribution < 1.29 is 9.53 Å². The van der Waals surface area contributed by atoms with Crippen LogP contribution in [-0.4, -0.2) is 18.0 Å². The number of anilines is 1. The Morgan fingerprint density at radius 2 is 2.04 bits per heavy atom. The molecule has 0 aliphatic rings. The molecule has 0 saturated carbocycles. The molecule has 0 bridgehead atoms. The third-order valence-electron chi connectivity index (χ3n) is 3.46. The Balaban J connectivity index is 1.88. The summed E-state index contributed by atoms with van der Waals surface area (Å²) in [6, 6.07) is 9.39. The molecule has 1 N–H and O–H groups in total. The van der Waals surface area contributed by atoms with E-state index < -0.39 is 0 Å². The third kappa shape index (κ3) is 3.23. The largest absolute Gasteiger partial charge is 0.496 e. The van der Waals surface area contributed by atoms with Crippen molar-refractivity contribution in [1.29, 1.82) is 0 Å². The Kier molecular flexibility index (Phi) is 4.37. The van der Waals surface area contributed by atoms with Gasteiger partial charge in [0.25, 0.3) is 5.91 Å². The van der Waals surface area contributed by atoms with Crippen LogP contribution in [0.5, 0.6) is 5.75 Å². The summed E-state index contributed by atoms with van der Waals surface area (Å²) >= 11 is 4.87. The highest BCUT2D eigenvalue weighted by Gasteiger charge is 2.13. The number of hydrogen-bond donors (Lipinski definition) is 1. The van der Waals surface area contributed by atoms with Gasteiger partial charge in [0, 0.05) is 5.56 Å². The van der Waals surface area contributed by atoms with Gasteiger partial charge in [0.15, 0.2) is 5.13 Å². The average molecular weight is 391 g/mol. The Hall–Kier alpha value is -1.92. The van der Waals surface area contributed by atoms with E-state index in [1.54, 1.807) is 25.3 Å². The number of carbonyl (C=O) groups excluding carboxylic acids is 1.